The first-order valence-corrected chi connectivity index (χ1v) is 13.2. The van der Waals surface area contributed by atoms with E-state index in [1.54, 1.807) is 20.2 Å². The number of rotatable bonds is 3. The minimum atomic E-state index is -0.486. The van der Waals surface area contributed by atoms with E-state index >= 15 is 0 Å². The third-order valence-corrected chi connectivity index (χ3v) is 7.30. The Balaban J connectivity index is 1.45. The summed E-state index contributed by atoms with van der Waals surface area (Å²) >= 11 is 3.57. The predicted octanol–water partition coefficient (Wildman–Crippen LogP) is 6.24. The number of imidazole rings is 1. The van der Waals surface area contributed by atoms with Crippen molar-refractivity contribution in [1.82, 2.24) is 19.0 Å². The molecular formula is C28H31BrN4O3. The molecule has 0 radical (unpaired) electrons. The van der Waals surface area contributed by atoms with Gasteiger partial charge in [-0.1, -0.05) is 28.1 Å². The number of hydrogen-bond donors (Lipinski definition) is 0. The van der Waals surface area contributed by atoms with Crippen molar-refractivity contribution in [3.63, 3.8) is 0 Å². The van der Waals surface area contributed by atoms with E-state index in [0.29, 0.717) is 25.6 Å². The Morgan fingerprint density at radius 2 is 1.81 bits per heavy atom. The van der Waals surface area contributed by atoms with Crippen molar-refractivity contribution >= 4 is 44.0 Å². The van der Waals surface area contributed by atoms with Crippen molar-refractivity contribution in [2.24, 2.45) is 0 Å². The highest BCUT2D eigenvalue weighted by Crippen LogP contribution is 2.31. The number of carbonyl (C=O) groups excluding carboxylic acids is 1. The van der Waals surface area contributed by atoms with Gasteiger partial charge in [-0.25, -0.2) is 9.59 Å². The summed E-state index contributed by atoms with van der Waals surface area (Å²) in [7, 11) is 0. The molecule has 3 heterocycles. The van der Waals surface area contributed by atoms with Crippen LogP contribution in [0.15, 0.2) is 57.9 Å². The first kappa shape index (κ1) is 24.6. The Kier molecular flexibility index (Phi) is 6.41. The number of carbonyl (C=O) groups is 1. The number of halogens is 1. The summed E-state index contributed by atoms with van der Waals surface area (Å²) in [5, 5.41) is 0.935. The first-order chi connectivity index (χ1) is 17.2. The predicted molar refractivity (Wildman–Crippen MR) is 146 cm³/mol. The number of aromatic nitrogens is 3. The van der Waals surface area contributed by atoms with Crippen LogP contribution < -0.4 is 5.69 Å². The maximum absolute atomic E-state index is 13.5. The number of amides is 1. The number of hydrogen-bond acceptors (Lipinski definition) is 4. The molecule has 2 aromatic carbocycles. The lowest BCUT2D eigenvalue weighted by Crippen LogP contribution is -2.41. The van der Waals surface area contributed by atoms with Crippen LogP contribution in [0.3, 0.4) is 0 Å². The minimum Gasteiger partial charge on any atom is -0.444 e. The number of piperidine rings is 1. The van der Waals surface area contributed by atoms with Crippen LogP contribution in [-0.4, -0.2) is 43.8 Å². The Morgan fingerprint density at radius 1 is 1.11 bits per heavy atom. The molecule has 0 bridgehead atoms. The zero-order valence-corrected chi connectivity index (χ0v) is 22.7. The van der Waals surface area contributed by atoms with Gasteiger partial charge in [-0.3, -0.25) is 14.1 Å². The van der Waals surface area contributed by atoms with Gasteiger partial charge < -0.3 is 9.64 Å². The zero-order valence-electron chi connectivity index (χ0n) is 21.1. The van der Waals surface area contributed by atoms with Crippen LogP contribution in [0.4, 0.5) is 4.79 Å². The molecule has 2 aromatic heterocycles. The van der Waals surface area contributed by atoms with E-state index in [1.807, 2.05) is 58.0 Å². The number of aryl methyl sites for hydroxylation is 1. The van der Waals surface area contributed by atoms with Crippen molar-refractivity contribution in [3.05, 3.63) is 69.2 Å². The fourth-order valence-corrected chi connectivity index (χ4v) is 5.42. The Labute approximate surface area is 218 Å². The average Bonchev–Trinajstić information content (AvgIpc) is 3.14. The molecule has 0 aliphatic carbocycles. The van der Waals surface area contributed by atoms with E-state index < -0.39 is 5.60 Å². The number of pyridine rings is 1. The molecule has 1 amide bonds. The van der Waals surface area contributed by atoms with E-state index in [2.05, 4.69) is 33.0 Å². The molecule has 188 valence electrons. The number of fused-ring (bicyclic) bond motifs is 3. The van der Waals surface area contributed by atoms with Crippen LogP contribution in [0.2, 0.25) is 0 Å². The fourth-order valence-electron chi connectivity index (χ4n) is 5.05. The molecule has 1 aliphatic heterocycles. The van der Waals surface area contributed by atoms with Crippen molar-refractivity contribution in [3.8, 4) is 5.69 Å². The molecule has 1 saturated heterocycles. The second-order valence-electron chi connectivity index (χ2n) is 10.3. The lowest BCUT2D eigenvalue weighted by atomic mass is 9.89. The summed E-state index contributed by atoms with van der Waals surface area (Å²) < 4.78 is 10.0. The van der Waals surface area contributed by atoms with Gasteiger partial charge in [0.15, 0.2) is 0 Å². The average molecular weight is 551 g/mol. The van der Waals surface area contributed by atoms with Gasteiger partial charge in [-0.05, 0) is 82.3 Å². The number of benzene rings is 2. The Hall–Kier alpha value is -3.13. The van der Waals surface area contributed by atoms with Gasteiger partial charge >= 0.3 is 11.8 Å². The van der Waals surface area contributed by atoms with Gasteiger partial charge in [0.1, 0.15) is 5.60 Å². The van der Waals surface area contributed by atoms with E-state index in [0.717, 1.165) is 44.9 Å². The second-order valence-corrected chi connectivity index (χ2v) is 11.3. The summed E-state index contributed by atoms with van der Waals surface area (Å²) in [6, 6.07) is 14.2. The molecule has 1 fully saturated rings. The third-order valence-electron chi connectivity index (χ3n) is 6.80. The second kappa shape index (κ2) is 9.39. The van der Waals surface area contributed by atoms with Crippen LogP contribution in [0.25, 0.3) is 27.6 Å². The molecule has 0 spiro atoms. The summed E-state index contributed by atoms with van der Waals surface area (Å²) in [6.45, 7) is 9.57. The van der Waals surface area contributed by atoms with Crippen LogP contribution in [-0.2, 0) is 11.3 Å². The van der Waals surface area contributed by atoms with Crippen molar-refractivity contribution in [2.75, 3.05) is 13.1 Å². The highest BCUT2D eigenvalue weighted by molar-refractivity contribution is 9.10. The molecule has 4 aromatic rings. The summed E-state index contributed by atoms with van der Waals surface area (Å²) in [5.74, 6) is 0.368. The Bertz CT molecular complexity index is 1490. The summed E-state index contributed by atoms with van der Waals surface area (Å²) in [6.07, 6.45) is 3.33. The smallest absolute Gasteiger partial charge is 0.410 e. The van der Waals surface area contributed by atoms with E-state index in [1.165, 1.54) is 5.56 Å². The normalized spacial score (nSPS) is 15.1. The topological polar surface area (TPSA) is 69.4 Å². The van der Waals surface area contributed by atoms with Gasteiger partial charge in [0.25, 0.3) is 0 Å². The van der Waals surface area contributed by atoms with Crippen LogP contribution in [0.1, 0.15) is 52.0 Å². The highest BCUT2D eigenvalue weighted by atomic mass is 79.9. The lowest BCUT2D eigenvalue weighted by molar-refractivity contribution is 0.0205. The summed E-state index contributed by atoms with van der Waals surface area (Å²) in [4.78, 5) is 32.3. The fraction of sp³-hybridized carbons (Fsp3) is 0.393. The summed E-state index contributed by atoms with van der Waals surface area (Å²) in [5.41, 5.74) is 4.04. The van der Waals surface area contributed by atoms with Crippen molar-refractivity contribution in [2.45, 2.75) is 58.6 Å². The van der Waals surface area contributed by atoms with Crippen molar-refractivity contribution in [1.29, 1.82) is 0 Å². The third kappa shape index (κ3) is 4.54. The molecule has 8 heteroatoms. The number of ether oxygens (including phenoxy) is 1. The molecule has 0 saturated carbocycles. The van der Waals surface area contributed by atoms with Gasteiger partial charge in [-0.15, -0.1) is 0 Å². The van der Waals surface area contributed by atoms with Crippen molar-refractivity contribution < 1.29 is 9.53 Å². The van der Waals surface area contributed by atoms with E-state index in [-0.39, 0.29) is 11.8 Å². The van der Waals surface area contributed by atoms with Gasteiger partial charge in [0.2, 0.25) is 0 Å². The zero-order chi connectivity index (χ0) is 25.6. The van der Waals surface area contributed by atoms with E-state index in [4.69, 9.17) is 4.74 Å². The molecule has 0 N–H and O–H groups in total. The number of nitrogens with zero attached hydrogens (tertiary/aromatic N) is 4. The molecule has 5 rings (SSSR count). The molecule has 0 unspecified atom stereocenters. The van der Waals surface area contributed by atoms with E-state index in [9.17, 15) is 9.59 Å². The molecule has 1 aliphatic rings. The quantitative estimate of drug-likeness (QED) is 0.303. The maximum atomic E-state index is 13.5. The number of likely N-dealkylation sites (tertiary alicyclic amines) is 1. The minimum absolute atomic E-state index is 0.0693. The molecule has 0 atom stereocenters. The largest absolute Gasteiger partial charge is 0.444 e. The van der Waals surface area contributed by atoms with Gasteiger partial charge in [-0.2, -0.15) is 0 Å². The van der Waals surface area contributed by atoms with Gasteiger partial charge in [0, 0.05) is 29.5 Å². The molecule has 7 nitrogen and oxygen atoms in total. The maximum Gasteiger partial charge on any atom is 0.410 e. The lowest BCUT2D eigenvalue weighted by Gasteiger charge is -2.33. The standard InChI is InChI=1S/C28H31BrN4O3/c1-5-32-24-17-30-23-11-8-20(29)16-22(23)25(24)33(26(32)34)21-9-6-18(7-10-21)19-12-14-31(15-13-19)27(35)36-28(2,3)4/h6-11,16-17,19H,5,12-15H2,1-4H3. The van der Waals surface area contributed by atoms with Gasteiger partial charge in [0.05, 0.1) is 28.4 Å². The Morgan fingerprint density at radius 3 is 2.44 bits per heavy atom. The molecule has 36 heavy (non-hydrogen) atoms. The monoisotopic (exact) mass is 550 g/mol. The SMILES string of the molecule is CCn1c(=O)n(-c2ccc(C3CCN(C(=O)OC(C)(C)C)CC3)cc2)c2c3cc(Br)ccc3ncc21. The highest BCUT2D eigenvalue weighted by Gasteiger charge is 2.27. The molecular weight excluding hydrogens is 520 g/mol. The van der Waals surface area contributed by atoms with Crippen LogP contribution >= 0.6 is 15.9 Å². The first-order valence-electron chi connectivity index (χ1n) is 12.4. The van der Waals surface area contributed by atoms with Crippen LogP contribution in [0, 0.1) is 0 Å². The van der Waals surface area contributed by atoms with Crippen LogP contribution in [0.5, 0.6) is 0 Å².